The summed E-state index contributed by atoms with van der Waals surface area (Å²) in [5.41, 5.74) is 1.25. The van der Waals surface area contributed by atoms with Gasteiger partial charge in [-0.2, -0.15) is 0 Å². The molecule has 0 saturated carbocycles. The molecule has 1 N–H and O–H groups in total. The first-order chi connectivity index (χ1) is 9.06. The number of aryl methyl sites for hydroxylation is 1. The van der Waals surface area contributed by atoms with Crippen molar-refractivity contribution >= 4 is 11.5 Å². The molecule has 0 unspecified atom stereocenters. The number of hydrogen-bond acceptors (Lipinski definition) is 4. The molecule has 0 bridgehead atoms. The average molecular weight is 261 g/mol. The molecule has 6 heteroatoms. The molecule has 0 saturated heterocycles. The molecule has 98 valence electrons. The fraction of sp³-hybridized carbons (Fsp3) is 0.154. The zero-order chi connectivity index (χ0) is 13.8. The van der Waals surface area contributed by atoms with E-state index in [0.717, 1.165) is 5.56 Å². The Morgan fingerprint density at radius 2 is 1.95 bits per heavy atom. The fourth-order valence-corrected chi connectivity index (χ4v) is 1.64. The predicted molar refractivity (Wildman–Crippen MR) is 69.4 cm³/mol. The molecule has 0 spiro atoms. The summed E-state index contributed by atoms with van der Waals surface area (Å²) < 4.78 is 12.7. The van der Waals surface area contributed by atoms with Crippen molar-refractivity contribution < 1.29 is 9.31 Å². The highest BCUT2D eigenvalue weighted by Crippen LogP contribution is 2.18. The third-order valence-corrected chi connectivity index (χ3v) is 2.64. The maximum absolute atomic E-state index is 12.7. The quantitative estimate of drug-likeness (QED) is 0.678. The Bertz CT molecular complexity index is 599. The molecule has 0 aliphatic rings. The third kappa shape index (κ3) is 3.25. The second kappa shape index (κ2) is 5.43. The van der Waals surface area contributed by atoms with Crippen LogP contribution in [0.4, 0.5) is 15.9 Å². The van der Waals surface area contributed by atoms with Gasteiger partial charge in [0.25, 0.3) is 5.69 Å². The molecule has 0 aliphatic carbocycles. The van der Waals surface area contributed by atoms with E-state index in [1.54, 1.807) is 25.1 Å². The van der Waals surface area contributed by atoms with E-state index in [0.29, 0.717) is 18.1 Å². The Morgan fingerprint density at radius 1 is 1.26 bits per heavy atom. The lowest BCUT2D eigenvalue weighted by molar-refractivity contribution is -0.385. The lowest BCUT2D eigenvalue weighted by Crippen LogP contribution is -2.03. The molecule has 2 rings (SSSR count). The van der Waals surface area contributed by atoms with Gasteiger partial charge in [0.2, 0.25) is 0 Å². The van der Waals surface area contributed by atoms with Crippen molar-refractivity contribution in [3.05, 3.63) is 63.6 Å². The molecule has 1 heterocycles. The number of nitrogens with zero attached hydrogens (tertiary/aromatic N) is 2. The third-order valence-electron chi connectivity index (χ3n) is 2.64. The molecule has 0 radical (unpaired) electrons. The Morgan fingerprint density at radius 3 is 2.53 bits per heavy atom. The molecular weight excluding hydrogens is 249 g/mol. The standard InChI is InChI=1S/C13H12FN3O2/c1-9-12(17(18)19)6-7-13(16-9)15-8-10-2-4-11(14)5-3-10/h2-7H,8H2,1H3,(H,15,16). The fourth-order valence-electron chi connectivity index (χ4n) is 1.64. The number of nitrogens with one attached hydrogen (secondary N) is 1. The minimum Gasteiger partial charge on any atom is -0.366 e. The maximum atomic E-state index is 12.7. The zero-order valence-corrected chi connectivity index (χ0v) is 10.3. The van der Waals surface area contributed by atoms with E-state index in [1.807, 2.05) is 0 Å². The Hall–Kier alpha value is -2.50. The Balaban J connectivity index is 2.06. The van der Waals surface area contributed by atoms with E-state index < -0.39 is 4.92 Å². The van der Waals surface area contributed by atoms with Crippen LogP contribution in [-0.4, -0.2) is 9.91 Å². The van der Waals surface area contributed by atoms with Gasteiger partial charge < -0.3 is 5.32 Å². The summed E-state index contributed by atoms with van der Waals surface area (Å²) in [5.74, 6) is 0.264. The maximum Gasteiger partial charge on any atom is 0.290 e. The minimum absolute atomic E-state index is 0.00710. The zero-order valence-electron chi connectivity index (χ0n) is 10.3. The van der Waals surface area contributed by atoms with Crippen LogP contribution < -0.4 is 5.32 Å². The monoisotopic (exact) mass is 261 g/mol. The van der Waals surface area contributed by atoms with Crippen LogP contribution in [0.15, 0.2) is 36.4 Å². The first-order valence-corrected chi connectivity index (χ1v) is 5.66. The minimum atomic E-state index is -0.466. The van der Waals surface area contributed by atoms with Crippen LogP contribution in [0.25, 0.3) is 0 Å². The lowest BCUT2D eigenvalue weighted by atomic mass is 10.2. The van der Waals surface area contributed by atoms with Gasteiger partial charge in [-0.05, 0) is 30.7 Å². The average Bonchev–Trinajstić information content (AvgIpc) is 2.37. The summed E-state index contributed by atoms with van der Waals surface area (Å²) in [6, 6.07) is 9.06. The smallest absolute Gasteiger partial charge is 0.290 e. The predicted octanol–water partition coefficient (Wildman–Crippen LogP) is 3.05. The van der Waals surface area contributed by atoms with E-state index in [4.69, 9.17) is 0 Å². The second-order valence-electron chi connectivity index (χ2n) is 4.04. The second-order valence-corrected chi connectivity index (χ2v) is 4.04. The van der Waals surface area contributed by atoms with Gasteiger partial charge >= 0.3 is 0 Å². The summed E-state index contributed by atoms with van der Waals surface area (Å²) in [4.78, 5) is 14.3. The van der Waals surface area contributed by atoms with Crippen LogP contribution >= 0.6 is 0 Å². The van der Waals surface area contributed by atoms with Crippen molar-refractivity contribution in [2.24, 2.45) is 0 Å². The number of hydrogen-bond donors (Lipinski definition) is 1. The molecule has 1 aromatic carbocycles. The van der Waals surface area contributed by atoms with Crippen LogP contribution in [0.5, 0.6) is 0 Å². The topological polar surface area (TPSA) is 68.1 Å². The highest BCUT2D eigenvalue weighted by molar-refractivity contribution is 5.45. The first-order valence-electron chi connectivity index (χ1n) is 5.66. The van der Waals surface area contributed by atoms with E-state index in [1.165, 1.54) is 18.2 Å². The van der Waals surface area contributed by atoms with Crippen molar-refractivity contribution in [2.45, 2.75) is 13.5 Å². The summed E-state index contributed by atoms with van der Waals surface area (Å²) in [6.45, 7) is 2.06. The molecule has 0 aliphatic heterocycles. The van der Waals surface area contributed by atoms with Crippen LogP contribution in [0, 0.1) is 22.9 Å². The molecule has 0 fully saturated rings. The van der Waals surface area contributed by atoms with Crippen molar-refractivity contribution in [2.75, 3.05) is 5.32 Å². The normalized spacial score (nSPS) is 10.2. The van der Waals surface area contributed by atoms with Gasteiger partial charge in [-0.25, -0.2) is 9.37 Å². The van der Waals surface area contributed by atoms with Gasteiger partial charge in [0.1, 0.15) is 17.3 Å². The summed E-state index contributed by atoms with van der Waals surface area (Å²) in [6.07, 6.45) is 0. The summed E-state index contributed by atoms with van der Waals surface area (Å²) >= 11 is 0. The van der Waals surface area contributed by atoms with Gasteiger partial charge in [-0.15, -0.1) is 0 Å². The summed E-state index contributed by atoms with van der Waals surface area (Å²) in [5, 5.41) is 13.7. The number of rotatable bonds is 4. The number of pyridine rings is 1. The van der Waals surface area contributed by atoms with Gasteiger partial charge in [0.05, 0.1) is 4.92 Å². The highest BCUT2D eigenvalue weighted by atomic mass is 19.1. The van der Waals surface area contributed by atoms with E-state index in [-0.39, 0.29) is 11.5 Å². The largest absolute Gasteiger partial charge is 0.366 e. The van der Waals surface area contributed by atoms with Crippen molar-refractivity contribution in [3.8, 4) is 0 Å². The SMILES string of the molecule is Cc1nc(NCc2ccc(F)cc2)ccc1[N+](=O)[O-]. The van der Waals surface area contributed by atoms with E-state index in [9.17, 15) is 14.5 Å². The number of halogens is 1. The molecule has 2 aromatic rings. The summed E-state index contributed by atoms with van der Waals surface area (Å²) in [7, 11) is 0. The van der Waals surface area contributed by atoms with Gasteiger partial charge in [-0.1, -0.05) is 12.1 Å². The van der Waals surface area contributed by atoms with Crippen LogP contribution in [-0.2, 0) is 6.54 Å². The van der Waals surface area contributed by atoms with Crippen molar-refractivity contribution in [1.29, 1.82) is 0 Å². The number of anilines is 1. The van der Waals surface area contributed by atoms with Crippen LogP contribution in [0.3, 0.4) is 0 Å². The Labute approximate surface area is 109 Å². The van der Waals surface area contributed by atoms with Gasteiger partial charge in [-0.3, -0.25) is 10.1 Å². The highest BCUT2D eigenvalue weighted by Gasteiger charge is 2.11. The first kappa shape index (κ1) is 12.9. The number of aromatic nitrogens is 1. The van der Waals surface area contributed by atoms with E-state index in [2.05, 4.69) is 10.3 Å². The van der Waals surface area contributed by atoms with Gasteiger partial charge in [0.15, 0.2) is 0 Å². The molecule has 19 heavy (non-hydrogen) atoms. The molecular formula is C13H12FN3O2. The lowest BCUT2D eigenvalue weighted by Gasteiger charge is -2.06. The molecule has 5 nitrogen and oxygen atoms in total. The van der Waals surface area contributed by atoms with E-state index >= 15 is 0 Å². The van der Waals surface area contributed by atoms with Crippen molar-refractivity contribution in [1.82, 2.24) is 4.98 Å². The Kier molecular flexibility index (Phi) is 3.70. The molecule has 0 atom stereocenters. The molecule has 0 amide bonds. The van der Waals surface area contributed by atoms with Crippen LogP contribution in [0.2, 0.25) is 0 Å². The number of benzene rings is 1. The van der Waals surface area contributed by atoms with Gasteiger partial charge in [0, 0.05) is 12.6 Å². The number of nitro groups is 1. The molecule has 1 aromatic heterocycles. The van der Waals surface area contributed by atoms with Crippen molar-refractivity contribution in [3.63, 3.8) is 0 Å². The van der Waals surface area contributed by atoms with Crippen LogP contribution in [0.1, 0.15) is 11.3 Å².